The van der Waals surface area contributed by atoms with Gasteiger partial charge in [-0.25, -0.2) is 9.97 Å². The van der Waals surface area contributed by atoms with Crippen molar-refractivity contribution in [1.29, 1.82) is 5.26 Å². The van der Waals surface area contributed by atoms with Crippen molar-refractivity contribution in [2.75, 3.05) is 11.4 Å². The van der Waals surface area contributed by atoms with Crippen LogP contribution in [-0.2, 0) is 0 Å². The Hall–Kier alpha value is -1.63. The van der Waals surface area contributed by atoms with Gasteiger partial charge in [-0.2, -0.15) is 5.26 Å². The van der Waals surface area contributed by atoms with Crippen LogP contribution >= 0.6 is 0 Å². The molecule has 0 amide bonds. The third-order valence-electron chi connectivity index (χ3n) is 2.86. The maximum absolute atomic E-state index is 8.77. The largest absolute Gasteiger partial charge is 0.338 e. The van der Waals surface area contributed by atoms with E-state index in [2.05, 4.69) is 21.8 Å². The molecular weight excluding hydrogens is 188 g/mol. The minimum atomic E-state index is 0.446. The average Bonchev–Trinajstić information content (AvgIpc) is 2.77. The SMILES string of the molecule is CCC1CCCN1c1nccc(C#N)n1. The Bertz CT molecular complexity index is 382. The number of rotatable bonds is 2. The van der Waals surface area contributed by atoms with Gasteiger partial charge in [-0.1, -0.05) is 6.92 Å². The number of nitriles is 1. The fourth-order valence-electron chi connectivity index (χ4n) is 2.07. The first kappa shape index (κ1) is 9.91. The number of aromatic nitrogens is 2. The van der Waals surface area contributed by atoms with Gasteiger partial charge in [0, 0.05) is 18.8 Å². The fraction of sp³-hybridized carbons (Fsp3) is 0.545. The molecule has 1 aliphatic heterocycles. The van der Waals surface area contributed by atoms with Crippen LogP contribution in [0.2, 0.25) is 0 Å². The van der Waals surface area contributed by atoms with E-state index in [-0.39, 0.29) is 0 Å². The maximum Gasteiger partial charge on any atom is 0.226 e. The van der Waals surface area contributed by atoms with Crippen LogP contribution < -0.4 is 4.90 Å². The van der Waals surface area contributed by atoms with Crippen LogP contribution in [-0.4, -0.2) is 22.6 Å². The molecule has 4 nitrogen and oxygen atoms in total. The highest BCUT2D eigenvalue weighted by molar-refractivity contribution is 5.36. The second-order valence-corrected chi connectivity index (χ2v) is 3.75. The van der Waals surface area contributed by atoms with Crippen molar-refractivity contribution in [3.8, 4) is 6.07 Å². The van der Waals surface area contributed by atoms with E-state index in [9.17, 15) is 0 Å². The van der Waals surface area contributed by atoms with Crippen molar-refractivity contribution in [1.82, 2.24) is 9.97 Å². The minimum absolute atomic E-state index is 0.446. The van der Waals surface area contributed by atoms with Crippen molar-refractivity contribution in [2.24, 2.45) is 0 Å². The molecule has 2 rings (SSSR count). The summed E-state index contributed by atoms with van der Waals surface area (Å²) < 4.78 is 0. The van der Waals surface area contributed by atoms with E-state index in [1.165, 1.54) is 12.8 Å². The van der Waals surface area contributed by atoms with Crippen LogP contribution in [0.5, 0.6) is 0 Å². The topological polar surface area (TPSA) is 52.8 Å². The first-order valence-electron chi connectivity index (χ1n) is 5.35. The van der Waals surface area contributed by atoms with Gasteiger partial charge in [0.2, 0.25) is 5.95 Å². The van der Waals surface area contributed by atoms with Gasteiger partial charge >= 0.3 is 0 Å². The molecular formula is C11H14N4. The molecule has 1 saturated heterocycles. The van der Waals surface area contributed by atoms with Crippen molar-refractivity contribution in [2.45, 2.75) is 32.2 Å². The molecule has 0 aliphatic carbocycles. The van der Waals surface area contributed by atoms with E-state index in [0.717, 1.165) is 13.0 Å². The summed E-state index contributed by atoms with van der Waals surface area (Å²) in [5, 5.41) is 8.77. The standard InChI is InChI=1S/C11H14N4/c1-2-10-4-3-7-15(10)11-13-6-5-9(8-12)14-11/h5-6,10H,2-4,7H2,1H3. The molecule has 0 N–H and O–H groups in total. The third kappa shape index (κ3) is 1.91. The summed E-state index contributed by atoms with van der Waals surface area (Å²) in [6.45, 7) is 3.19. The molecule has 2 heterocycles. The van der Waals surface area contributed by atoms with Gasteiger partial charge in [-0.3, -0.25) is 0 Å². The van der Waals surface area contributed by atoms with Gasteiger partial charge in [-0.05, 0) is 25.3 Å². The number of nitrogens with zero attached hydrogens (tertiary/aromatic N) is 4. The van der Waals surface area contributed by atoms with Gasteiger partial charge in [0.25, 0.3) is 0 Å². The molecule has 1 unspecified atom stereocenters. The van der Waals surface area contributed by atoms with Crippen LogP contribution in [0, 0.1) is 11.3 Å². The highest BCUT2D eigenvalue weighted by Crippen LogP contribution is 2.23. The zero-order valence-electron chi connectivity index (χ0n) is 8.85. The Morgan fingerprint density at radius 2 is 2.53 bits per heavy atom. The number of anilines is 1. The van der Waals surface area contributed by atoms with Crippen molar-refractivity contribution in [3.63, 3.8) is 0 Å². The average molecular weight is 202 g/mol. The lowest BCUT2D eigenvalue weighted by Crippen LogP contribution is -2.30. The molecule has 78 valence electrons. The predicted molar refractivity (Wildman–Crippen MR) is 57.4 cm³/mol. The summed E-state index contributed by atoms with van der Waals surface area (Å²) in [5.41, 5.74) is 0.446. The molecule has 1 aliphatic rings. The van der Waals surface area contributed by atoms with E-state index < -0.39 is 0 Å². The van der Waals surface area contributed by atoms with Crippen molar-refractivity contribution >= 4 is 5.95 Å². The smallest absolute Gasteiger partial charge is 0.226 e. The van der Waals surface area contributed by atoms with Crippen molar-refractivity contribution < 1.29 is 0 Å². The summed E-state index contributed by atoms with van der Waals surface area (Å²) in [7, 11) is 0. The first-order chi connectivity index (χ1) is 7.35. The molecule has 1 aromatic heterocycles. The molecule has 0 bridgehead atoms. The minimum Gasteiger partial charge on any atom is -0.338 e. The summed E-state index contributed by atoms with van der Waals surface area (Å²) in [5.74, 6) is 0.707. The van der Waals surface area contributed by atoms with Gasteiger partial charge < -0.3 is 4.90 Å². The predicted octanol–water partition coefficient (Wildman–Crippen LogP) is 1.73. The molecule has 0 aromatic carbocycles. The number of hydrogen-bond donors (Lipinski definition) is 0. The number of hydrogen-bond acceptors (Lipinski definition) is 4. The molecule has 1 aromatic rings. The Morgan fingerprint density at radius 3 is 3.27 bits per heavy atom. The van der Waals surface area contributed by atoms with Gasteiger partial charge in [0.05, 0.1) is 0 Å². The zero-order valence-corrected chi connectivity index (χ0v) is 8.85. The van der Waals surface area contributed by atoms with E-state index >= 15 is 0 Å². The monoisotopic (exact) mass is 202 g/mol. The van der Waals surface area contributed by atoms with E-state index in [1.54, 1.807) is 12.3 Å². The van der Waals surface area contributed by atoms with E-state index in [0.29, 0.717) is 17.7 Å². The Kier molecular flexibility index (Phi) is 2.82. The van der Waals surface area contributed by atoms with Crippen molar-refractivity contribution in [3.05, 3.63) is 18.0 Å². The highest BCUT2D eigenvalue weighted by atomic mass is 15.3. The molecule has 15 heavy (non-hydrogen) atoms. The van der Waals surface area contributed by atoms with Crippen LogP contribution in [0.25, 0.3) is 0 Å². The van der Waals surface area contributed by atoms with Crippen LogP contribution in [0.15, 0.2) is 12.3 Å². The molecule has 0 spiro atoms. The van der Waals surface area contributed by atoms with Gasteiger partial charge in [-0.15, -0.1) is 0 Å². The lowest BCUT2D eigenvalue weighted by molar-refractivity contribution is 0.634. The fourth-order valence-corrected chi connectivity index (χ4v) is 2.07. The van der Waals surface area contributed by atoms with E-state index in [1.807, 2.05) is 6.07 Å². The lowest BCUT2D eigenvalue weighted by atomic mass is 10.2. The second kappa shape index (κ2) is 4.26. The summed E-state index contributed by atoms with van der Waals surface area (Å²) in [6, 6.07) is 4.23. The molecule has 0 radical (unpaired) electrons. The summed E-state index contributed by atoms with van der Waals surface area (Å²) in [6.07, 6.45) is 5.17. The van der Waals surface area contributed by atoms with Crippen LogP contribution in [0.3, 0.4) is 0 Å². The van der Waals surface area contributed by atoms with Crippen LogP contribution in [0.4, 0.5) is 5.95 Å². The maximum atomic E-state index is 8.77. The van der Waals surface area contributed by atoms with Crippen LogP contribution in [0.1, 0.15) is 31.9 Å². The molecule has 1 atom stereocenters. The second-order valence-electron chi connectivity index (χ2n) is 3.75. The van der Waals surface area contributed by atoms with Gasteiger partial charge in [0.1, 0.15) is 11.8 Å². The summed E-state index contributed by atoms with van der Waals surface area (Å²) in [4.78, 5) is 10.7. The zero-order chi connectivity index (χ0) is 10.7. The Balaban J connectivity index is 2.25. The molecule has 1 fully saturated rings. The molecule has 0 saturated carbocycles. The normalized spacial score (nSPS) is 20.3. The van der Waals surface area contributed by atoms with Gasteiger partial charge in [0.15, 0.2) is 0 Å². The highest BCUT2D eigenvalue weighted by Gasteiger charge is 2.24. The third-order valence-corrected chi connectivity index (χ3v) is 2.86. The summed E-state index contributed by atoms with van der Waals surface area (Å²) >= 11 is 0. The Labute approximate surface area is 89.6 Å². The lowest BCUT2D eigenvalue weighted by Gasteiger charge is -2.23. The molecule has 4 heteroatoms. The first-order valence-corrected chi connectivity index (χ1v) is 5.35. The quantitative estimate of drug-likeness (QED) is 0.732. The van der Waals surface area contributed by atoms with E-state index in [4.69, 9.17) is 5.26 Å². The Morgan fingerprint density at radius 1 is 1.67 bits per heavy atom.